The lowest BCUT2D eigenvalue weighted by Crippen LogP contribution is -2.28. The van der Waals surface area contributed by atoms with Crippen LogP contribution in [0.1, 0.15) is 10.4 Å². The van der Waals surface area contributed by atoms with E-state index in [1.165, 1.54) is 24.3 Å². The molecule has 1 aromatic carbocycles. The van der Waals surface area contributed by atoms with Gasteiger partial charge in [0, 0.05) is 5.39 Å². The van der Waals surface area contributed by atoms with E-state index < -0.39 is 33.1 Å². The molecular weight excluding hydrogens is 305 g/mol. The van der Waals surface area contributed by atoms with E-state index in [1.807, 2.05) is 0 Å². The van der Waals surface area contributed by atoms with E-state index in [9.17, 15) is 26.4 Å². The summed E-state index contributed by atoms with van der Waals surface area (Å²) in [6.07, 6.45) is 0. The van der Waals surface area contributed by atoms with Crippen molar-refractivity contribution < 1.29 is 40.1 Å². The number of carboxylic acid groups (broad SMARTS) is 1. The summed E-state index contributed by atoms with van der Waals surface area (Å²) in [5.74, 6) is -2.92. The fourth-order valence-electron chi connectivity index (χ4n) is 1.43. The molecule has 1 N–H and O–H groups in total. The standard InChI is InChI=1S/C10H5F3O6S/c11-10(12,13)20(16,17)19-9-7(8(14)15)5-3-1-2-4-6(5)18-9/h1-4H,(H,14,15). The Morgan fingerprint density at radius 1 is 1.25 bits per heavy atom. The molecule has 1 heterocycles. The van der Waals surface area contributed by atoms with Gasteiger partial charge in [0.25, 0.3) is 0 Å². The van der Waals surface area contributed by atoms with Gasteiger partial charge in [-0.1, -0.05) is 18.2 Å². The number of carboxylic acids is 1. The van der Waals surface area contributed by atoms with E-state index >= 15 is 0 Å². The highest BCUT2D eigenvalue weighted by Crippen LogP contribution is 2.35. The minimum absolute atomic E-state index is 0.0765. The first kappa shape index (κ1) is 14.2. The van der Waals surface area contributed by atoms with E-state index in [2.05, 4.69) is 4.18 Å². The van der Waals surface area contributed by atoms with Crippen LogP contribution >= 0.6 is 0 Å². The third-order valence-electron chi connectivity index (χ3n) is 2.25. The van der Waals surface area contributed by atoms with Crippen LogP contribution in [-0.2, 0) is 10.1 Å². The number of carbonyl (C=O) groups is 1. The predicted octanol–water partition coefficient (Wildman–Crippen LogP) is 2.36. The number of para-hydroxylation sites is 1. The summed E-state index contributed by atoms with van der Waals surface area (Å²) in [6, 6.07) is 5.34. The van der Waals surface area contributed by atoms with Crippen LogP contribution in [0.2, 0.25) is 0 Å². The summed E-state index contributed by atoms with van der Waals surface area (Å²) >= 11 is 0. The second-order valence-corrected chi connectivity index (χ2v) is 5.09. The maximum Gasteiger partial charge on any atom is 0.534 e. The van der Waals surface area contributed by atoms with E-state index in [0.29, 0.717) is 0 Å². The number of furan rings is 1. The molecule has 108 valence electrons. The number of halogens is 3. The minimum atomic E-state index is -6.01. The van der Waals surface area contributed by atoms with Gasteiger partial charge in [-0.3, -0.25) is 0 Å². The van der Waals surface area contributed by atoms with Gasteiger partial charge >= 0.3 is 27.5 Å². The van der Waals surface area contributed by atoms with Crippen molar-refractivity contribution in [1.82, 2.24) is 0 Å². The number of hydrogen-bond acceptors (Lipinski definition) is 5. The molecule has 1 aromatic heterocycles. The average Bonchev–Trinajstić information content (AvgIpc) is 2.64. The second-order valence-electron chi connectivity index (χ2n) is 3.55. The molecule has 0 fully saturated rings. The Labute approximate surface area is 109 Å². The zero-order valence-electron chi connectivity index (χ0n) is 9.34. The maximum absolute atomic E-state index is 12.2. The van der Waals surface area contributed by atoms with Gasteiger partial charge in [-0.2, -0.15) is 21.6 Å². The lowest BCUT2D eigenvalue weighted by Gasteiger charge is -2.07. The van der Waals surface area contributed by atoms with Crippen LogP contribution < -0.4 is 4.18 Å². The molecule has 10 heteroatoms. The van der Waals surface area contributed by atoms with Crippen LogP contribution in [0.4, 0.5) is 13.2 Å². The molecule has 0 saturated carbocycles. The molecule has 0 bridgehead atoms. The number of fused-ring (bicyclic) bond motifs is 1. The highest BCUT2D eigenvalue weighted by Gasteiger charge is 2.49. The monoisotopic (exact) mass is 310 g/mol. The normalized spacial score (nSPS) is 12.6. The Balaban J connectivity index is 2.61. The molecule has 20 heavy (non-hydrogen) atoms. The minimum Gasteiger partial charge on any atom is -0.477 e. The quantitative estimate of drug-likeness (QED) is 0.691. The highest BCUT2D eigenvalue weighted by atomic mass is 32.2. The maximum atomic E-state index is 12.2. The zero-order valence-corrected chi connectivity index (χ0v) is 10.2. The molecule has 0 atom stereocenters. The van der Waals surface area contributed by atoms with Crippen molar-refractivity contribution in [3.8, 4) is 5.95 Å². The topological polar surface area (TPSA) is 93.8 Å². The van der Waals surface area contributed by atoms with Crippen molar-refractivity contribution in [1.29, 1.82) is 0 Å². The number of rotatable bonds is 3. The fourth-order valence-corrected chi connectivity index (χ4v) is 1.84. The lowest BCUT2D eigenvalue weighted by molar-refractivity contribution is -0.0506. The molecule has 6 nitrogen and oxygen atoms in total. The summed E-state index contributed by atoms with van der Waals surface area (Å²) in [4.78, 5) is 11.0. The lowest BCUT2D eigenvalue weighted by atomic mass is 10.2. The van der Waals surface area contributed by atoms with Crippen LogP contribution in [0.25, 0.3) is 11.0 Å². The molecule has 0 saturated heterocycles. The van der Waals surface area contributed by atoms with E-state index in [-0.39, 0.29) is 11.0 Å². The van der Waals surface area contributed by atoms with Crippen molar-refractivity contribution in [2.75, 3.05) is 0 Å². The Hall–Kier alpha value is -2.23. The number of hydrogen-bond donors (Lipinski definition) is 1. The Bertz CT molecular complexity index is 774. The Morgan fingerprint density at radius 2 is 1.85 bits per heavy atom. The third kappa shape index (κ3) is 2.29. The van der Waals surface area contributed by atoms with E-state index in [0.717, 1.165) is 0 Å². The SMILES string of the molecule is O=C(O)c1c(OS(=O)(=O)C(F)(F)F)oc2ccccc12. The van der Waals surface area contributed by atoms with Crippen LogP contribution in [0, 0.1) is 0 Å². The molecule has 0 spiro atoms. The first-order valence-electron chi connectivity index (χ1n) is 4.89. The largest absolute Gasteiger partial charge is 0.534 e. The summed E-state index contributed by atoms with van der Waals surface area (Å²) in [6.45, 7) is 0. The van der Waals surface area contributed by atoms with Gasteiger partial charge in [-0.25, -0.2) is 4.79 Å². The van der Waals surface area contributed by atoms with Gasteiger partial charge < -0.3 is 13.7 Å². The van der Waals surface area contributed by atoms with Gasteiger partial charge in [0.1, 0.15) is 5.58 Å². The van der Waals surface area contributed by atoms with Crippen molar-refractivity contribution in [3.05, 3.63) is 29.8 Å². The molecule has 2 rings (SSSR count). The zero-order chi connectivity index (χ0) is 15.1. The first-order chi connectivity index (χ1) is 9.13. The molecule has 2 aromatic rings. The number of aromatic carboxylic acids is 1. The van der Waals surface area contributed by atoms with Crippen molar-refractivity contribution in [3.63, 3.8) is 0 Å². The molecule has 0 radical (unpaired) electrons. The van der Waals surface area contributed by atoms with Gasteiger partial charge in [0.15, 0.2) is 5.56 Å². The van der Waals surface area contributed by atoms with E-state index in [1.54, 1.807) is 0 Å². The Kier molecular flexibility index (Phi) is 3.12. The molecule has 0 aliphatic heterocycles. The third-order valence-corrected chi connectivity index (χ3v) is 3.18. The molecule has 0 aliphatic rings. The fraction of sp³-hybridized carbons (Fsp3) is 0.100. The molecule has 0 amide bonds. The van der Waals surface area contributed by atoms with Crippen molar-refractivity contribution in [2.45, 2.75) is 5.51 Å². The number of benzene rings is 1. The summed E-state index contributed by atoms with van der Waals surface area (Å²) < 4.78 is 66.8. The average molecular weight is 310 g/mol. The van der Waals surface area contributed by atoms with Crippen LogP contribution in [-0.4, -0.2) is 25.0 Å². The summed E-state index contributed by atoms with van der Waals surface area (Å²) in [7, 11) is -6.01. The van der Waals surface area contributed by atoms with Gasteiger partial charge in [-0.15, -0.1) is 0 Å². The molecule has 0 unspecified atom stereocenters. The predicted molar refractivity (Wildman–Crippen MR) is 58.8 cm³/mol. The van der Waals surface area contributed by atoms with E-state index in [4.69, 9.17) is 9.52 Å². The van der Waals surface area contributed by atoms with Gasteiger partial charge in [0.05, 0.1) is 0 Å². The second kappa shape index (κ2) is 4.40. The van der Waals surface area contributed by atoms with Crippen LogP contribution in [0.5, 0.6) is 5.95 Å². The Morgan fingerprint density at radius 3 is 2.40 bits per heavy atom. The van der Waals surface area contributed by atoms with Gasteiger partial charge in [-0.05, 0) is 6.07 Å². The van der Waals surface area contributed by atoms with Crippen LogP contribution in [0.15, 0.2) is 28.7 Å². The van der Waals surface area contributed by atoms with Crippen molar-refractivity contribution >= 4 is 27.1 Å². The summed E-state index contributed by atoms with van der Waals surface area (Å²) in [5, 5.41) is 8.86. The highest BCUT2D eigenvalue weighted by molar-refractivity contribution is 7.87. The first-order valence-corrected chi connectivity index (χ1v) is 6.30. The number of alkyl halides is 3. The van der Waals surface area contributed by atoms with Crippen molar-refractivity contribution in [2.24, 2.45) is 0 Å². The smallest absolute Gasteiger partial charge is 0.477 e. The summed E-state index contributed by atoms with van der Waals surface area (Å²) in [5.41, 5.74) is -6.60. The van der Waals surface area contributed by atoms with Gasteiger partial charge in [0.2, 0.25) is 0 Å². The van der Waals surface area contributed by atoms with Crippen LogP contribution in [0.3, 0.4) is 0 Å². The molecule has 0 aliphatic carbocycles. The molecular formula is C10H5F3O6S.